The Balaban J connectivity index is 0.000000160. The van der Waals surface area contributed by atoms with E-state index in [0.717, 1.165) is 21.8 Å². The number of carbonyl (C=O) groups is 1. The van der Waals surface area contributed by atoms with E-state index < -0.39 is 11.5 Å². The molecular formula is C18H21ClN4O3. The number of likely N-dealkylation sites (N-methyl/N-ethyl adjacent to an activating group) is 1. The van der Waals surface area contributed by atoms with Crippen molar-refractivity contribution in [3.63, 3.8) is 0 Å². The number of carbonyl (C=O) groups excluding carboxylic acids is 1. The lowest BCUT2D eigenvalue weighted by molar-refractivity contribution is -0.376. The fraction of sp³-hybridized carbons (Fsp3) is 0.333. The Morgan fingerprint density at radius 2 is 2.23 bits per heavy atom. The molecule has 1 fully saturated rings. The van der Waals surface area contributed by atoms with E-state index in [1.165, 1.54) is 0 Å². The molecule has 1 aliphatic rings. The molecule has 0 aliphatic carbocycles. The normalized spacial score (nSPS) is 20.7. The van der Waals surface area contributed by atoms with Crippen molar-refractivity contribution < 1.29 is 19.6 Å². The van der Waals surface area contributed by atoms with Crippen molar-refractivity contribution in [2.75, 3.05) is 32.5 Å². The number of rotatable bonds is 1. The van der Waals surface area contributed by atoms with E-state index in [2.05, 4.69) is 9.97 Å². The minimum Gasteiger partial charge on any atom is -0.548 e. The summed E-state index contributed by atoms with van der Waals surface area (Å²) in [6.45, 7) is 3.07. The number of aromatic nitrogens is 2. The Morgan fingerprint density at radius 1 is 1.46 bits per heavy atom. The summed E-state index contributed by atoms with van der Waals surface area (Å²) in [7, 11) is 1.76. The maximum absolute atomic E-state index is 10.7. The number of hydrogen-bond donors (Lipinski definition) is 2. The summed E-state index contributed by atoms with van der Waals surface area (Å²) in [6.07, 6.45) is 3.79. The molecule has 1 aliphatic heterocycles. The number of morpholine rings is 1. The zero-order valence-electron chi connectivity index (χ0n) is 14.6. The summed E-state index contributed by atoms with van der Waals surface area (Å²) in [4.78, 5) is 18.7. The number of ether oxygens (including phenoxy) is 1. The number of nitrogens with zero attached hydrogens (tertiary/aromatic N) is 1. The Bertz CT molecular complexity index is 958. The van der Waals surface area contributed by atoms with Gasteiger partial charge >= 0.3 is 0 Å². The Kier molecular flexibility index (Phi) is 5.04. The van der Waals surface area contributed by atoms with E-state index in [1.807, 2.05) is 24.5 Å². The van der Waals surface area contributed by atoms with Crippen LogP contribution >= 0.6 is 11.6 Å². The monoisotopic (exact) mass is 376 g/mol. The number of benzene rings is 1. The fourth-order valence-electron chi connectivity index (χ4n) is 2.93. The van der Waals surface area contributed by atoms with Crippen LogP contribution in [0.3, 0.4) is 0 Å². The molecule has 3 aromatic rings. The van der Waals surface area contributed by atoms with Gasteiger partial charge in [-0.05, 0) is 26.1 Å². The van der Waals surface area contributed by atoms with Crippen molar-refractivity contribution in [2.24, 2.45) is 0 Å². The first-order valence-corrected chi connectivity index (χ1v) is 8.57. The highest BCUT2D eigenvalue weighted by molar-refractivity contribution is 6.32. The number of halogens is 1. The van der Waals surface area contributed by atoms with Gasteiger partial charge < -0.3 is 25.4 Å². The first-order valence-electron chi connectivity index (χ1n) is 8.20. The van der Waals surface area contributed by atoms with Gasteiger partial charge in [-0.1, -0.05) is 11.6 Å². The van der Waals surface area contributed by atoms with Gasteiger partial charge in [0.25, 0.3) is 0 Å². The second-order valence-corrected chi connectivity index (χ2v) is 6.99. The number of aliphatic carboxylic acids is 1. The number of pyridine rings is 1. The third-order valence-corrected chi connectivity index (χ3v) is 5.00. The van der Waals surface area contributed by atoms with Crippen LogP contribution in [0.25, 0.3) is 21.8 Å². The third-order valence-electron chi connectivity index (χ3n) is 4.78. The van der Waals surface area contributed by atoms with Crippen LogP contribution in [0, 0.1) is 0 Å². The number of carboxylic acids is 1. The summed E-state index contributed by atoms with van der Waals surface area (Å²) >= 11 is 5.98. The molecule has 1 atom stereocenters. The maximum atomic E-state index is 10.7. The lowest BCUT2D eigenvalue weighted by Crippen LogP contribution is -2.62. The average molecular weight is 377 g/mol. The van der Waals surface area contributed by atoms with E-state index in [4.69, 9.17) is 22.1 Å². The molecule has 8 heteroatoms. The minimum absolute atomic E-state index is 0.214. The van der Waals surface area contributed by atoms with Gasteiger partial charge in [0.15, 0.2) is 12.4 Å². The van der Waals surface area contributed by atoms with E-state index in [0.29, 0.717) is 23.9 Å². The van der Waals surface area contributed by atoms with Crippen molar-refractivity contribution in [1.29, 1.82) is 0 Å². The summed E-state index contributed by atoms with van der Waals surface area (Å²) in [5.74, 6) is -1.07. The molecule has 3 heterocycles. The molecule has 0 unspecified atom stereocenters. The van der Waals surface area contributed by atoms with Crippen LogP contribution in [-0.2, 0) is 9.53 Å². The fourth-order valence-corrected chi connectivity index (χ4v) is 3.15. The molecular weight excluding hydrogens is 356 g/mol. The largest absolute Gasteiger partial charge is 0.548 e. The Labute approximate surface area is 155 Å². The summed E-state index contributed by atoms with van der Waals surface area (Å²) in [5, 5.41) is 13.5. The lowest BCUT2D eigenvalue weighted by atomic mass is 10.0. The molecule has 26 heavy (non-hydrogen) atoms. The predicted molar refractivity (Wildman–Crippen MR) is 98.6 cm³/mol. The average Bonchev–Trinajstić information content (AvgIpc) is 2.97. The zero-order valence-corrected chi connectivity index (χ0v) is 15.4. The van der Waals surface area contributed by atoms with E-state index in [1.54, 1.807) is 24.9 Å². The van der Waals surface area contributed by atoms with Crippen LogP contribution in [-0.4, -0.2) is 48.2 Å². The highest BCUT2D eigenvalue weighted by Gasteiger charge is 2.33. The molecule has 0 amide bonds. The van der Waals surface area contributed by atoms with Crippen molar-refractivity contribution in [3.8, 4) is 0 Å². The van der Waals surface area contributed by atoms with Crippen molar-refractivity contribution in [2.45, 2.75) is 12.5 Å². The number of H-pyrrole nitrogens is 2. The number of fused-ring (bicyclic) bond motifs is 3. The maximum Gasteiger partial charge on any atom is 0.191 e. The number of anilines is 1. The standard InChI is InChI=1S/C11H8ClN3.C7H13NO3/c12-6-3-8-7-1-2-14-5-10(7)15-11(8)9(13)4-6;1-7(6(9)10)5-11-4-3-8(7)2/h1-5,15H,13H2;3-5H2,1-2H3,(H,9,10)/t;7-/m.0/s1. The third kappa shape index (κ3) is 3.33. The van der Waals surface area contributed by atoms with Gasteiger partial charge in [-0.3, -0.25) is 4.90 Å². The van der Waals surface area contributed by atoms with Crippen LogP contribution < -0.4 is 15.8 Å². The Hall–Kier alpha value is -2.35. The van der Waals surface area contributed by atoms with Crippen molar-refractivity contribution in [1.82, 2.24) is 9.88 Å². The van der Waals surface area contributed by atoms with Crippen LogP contribution in [0.5, 0.6) is 0 Å². The van der Waals surface area contributed by atoms with Gasteiger partial charge in [0.2, 0.25) is 0 Å². The van der Waals surface area contributed by atoms with Crippen molar-refractivity contribution in [3.05, 3.63) is 35.6 Å². The van der Waals surface area contributed by atoms with E-state index in [9.17, 15) is 9.90 Å². The van der Waals surface area contributed by atoms with Crippen LogP contribution in [0.4, 0.5) is 5.69 Å². The lowest BCUT2D eigenvalue weighted by Gasteiger charge is -2.42. The summed E-state index contributed by atoms with van der Waals surface area (Å²) < 4.78 is 5.05. The molecule has 2 aromatic heterocycles. The first kappa shape index (κ1) is 18.4. The number of nitrogens with one attached hydrogen (secondary N) is 2. The number of nitrogen functional groups attached to an aromatic ring is 1. The number of hydrogen-bond acceptors (Lipinski definition) is 5. The minimum atomic E-state index is -1.07. The van der Waals surface area contributed by atoms with E-state index in [-0.39, 0.29) is 6.61 Å². The van der Waals surface area contributed by atoms with Gasteiger partial charge in [-0.25, -0.2) is 4.98 Å². The van der Waals surface area contributed by atoms with E-state index >= 15 is 0 Å². The van der Waals surface area contributed by atoms with Crippen molar-refractivity contribution >= 4 is 45.1 Å². The molecule has 0 spiro atoms. The molecule has 1 aromatic carbocycles. The first-order chi connectivity index (χ1) is 12.3. The van der Waals surface area contributed by atoms with Gasteiger partial charge in [-0.15, -0.1) is 0 Å². The number of aromatic amines is 2. The van der Waals surface area contributed by atoms with Gasteiger partial charge in [0, 0.05) is 28.4 Å². The highest BCUT2D eigenvalue weighted by Crippen LogP contribution is 2.30. The SMILES string of the molecule is CN1CCOC[C@@]1(C)C(=O)[O-].Nc1cc(Cl)cc2c1[nH]c1c[nH+]ccc12. The molecule has 0 bridgehead atoms. The zero-order chi connectivity index (χ0) is 18.9. The van der Waals surface area contributed by atoms with Gasteiger partial charge in [-0.2, -0.15) is 0 Å². The van der Waals surface area contributed by atoms with Crippen LogP contribution in [0.2, 0.25) is 5.02 Å². The molecule has 4 N–H and O–H groups in total. The molecule has 1 saturated heterocycles. The molecule has 0 radical (unpaired) electrons. The topological polar surface area (TPSA) is 109 Å². The second-order valence-electron chi connectivity index (χ2n) is 6.55. The molecule has 7 nitrogen and oxygen atoms in total. The smallest absolute Gasteiger partial charge is 0.191 e. The summed E-state index contributed by atoms with van der Waals surface area (Å²) in [5.41, 5.74) is 7.59. The van der Waals surface area contributed by atoms with Crippen LogP contribution in [0.1, 0.15) is 6.92 Å². The quantitative estimate of drug-likeness (QED) is 0.611. The highest BCUT2D eigenvalue weighted by atomic mass is 35.5. The number of nitrogens with two attached hydrogens (primary N) is 1. The number of carboxylic acid groups (broad SMARTS) is 1. The summed E-state index contributed by atoms with van der Waals surface area (Å²) in [6, 6.07) is 5.68. The molecule has 4 rings (SSSR count). The Morgan fingerprint density at radius 3 is 2.88 bits per heavy atom. The molecule has 0 saturated carbocycles. The second kappa shape index (κ2) is 7.11. The van der Waals surface area contributed by atoms with Crippen LogP contribution in [0.15, 0.2) is 30.6 Å². The predicted octanol–water partition coefficient (Wildman–Crippen LogP) is 0.828. The van der Waals surface area contributed by atoms with Gasteiger partial charge in [0.1, 0.15) is 5.52 Å². The molecule has 138 valence electrons. The van der Waals surface area contributed by atoms with Gasteiger partial charge in [0.05, 0.1) is 35.9 Å².